The lowest BCUT2D eigenvalue weighted by Gasteiger charge is -2.07. The van der Waals surface area contributed by atoms with Crippen molar-refractivity contribution in [2.75, 3.05) is 11.1 Å². The van der Waals surface area contributed by atoms with Gasteiger partial charge in [0, 0.05) is 0 Å². The number of hydrogen-bond donors (Lipinski definition) is 2. The molecule has 0 aliphatic heterocycles. The smallest absolute Gasteiger partial charge is 0.258 e. The summed E-state index contributed by atoms with van der Waals surface area (Å²) in [5.41, 5.74) is 4.35. The van der Waals surface area contributed by atoms with Gasteiger partial charge in [0.05, 0.1) is 23.1 Å². The lowest BCUT2D eigenvalue weighted by Crippen LogP contribution is -2.15. The molecule has 19 heavy (non-hydrogen) atoms. The Morgan fingerprint density at radius 1 is 1.21 bits per heavy atom. The van der Waals surface area contributed by atoms with E-state index in [9.17, 15) is 18.0 Å². The van der Waals surface area contributed by atoms with Gasteiger partial charge in [0.25, 0.3) is 5.91 Å². The van der Waals surface area contributed by atoms with E-state index >= 15 is 0 Å². The average Bonchev–Trinajstić information content (AvgIpc) is 2.36. The first-order valence-electron chi connectivity index (χ1n) is 5.15. The Hall–Kier alpha value is -2.57. The third kappa shape index (κ3) is 2.82. The molecule has 4 nitrogen and oxygen atoms in total. The summed E-state index contributed by atoms with van der Waals surface area (Å²) in [6.45, 7) is 0. The second kappa shape index (κ2) is 4.97. The molecule has 0 radical (unpaired) electrons. The van der Waals surface area contributed by atoms with Gasteiger partial charge in [0.15, 0.2) is 5.82 Å². The molecular formula is C12H8F3N3O. The molecule has 0 aliphatic carbocycles. The Morgan fingerprint density at radius 3 is 2.58 bits per heavy atom. The summed E-state index contributed by atoms with van der Waals surface area (Å²) in [6, 6.07) is 3.75. The van der Waals surface area contributed by atoms with Gasteiger partial charge in [-0.2, -0.15) is 4.39 Å². The van der Waals surface area contributed by atoms with E-state index in [0.717, 1.165) is 24.4 Å². The number of hydrogen-bond acceptors (Lipinski definition) is 3. The maximum absolute atomic E-state index is 13.6. The summed E-state index contributed by atoms with van der Waals surface area (Å²) in [7, 11) is 0. The maximum atomic E-state index is 13.6. The first-order chi connectivity index (χ1) is 8.97. The number of nitrogen functional groups attached to an aromatic ring is 1. The van der Waals surface area contributed by atoms with Crippen molar-refractivity contribution in [1.29, 1.82) is 0 Å². The van der Waals surface area contributed by atoms with Crippen molar-refractivity contribution >= 4 is 17.3 Å². The van der Waals surface area contributed by atoms with Gasteiger partial charge < -0.3 is 11.1 Å². The SMILES string of the molecule is Nc1cc(F)cc(C(=O)Nc2ccc(F)nc2)c1F. The largest absolute Gasteiger partial charge is 0.396 e. The third-order valence-corrected chi connectivity index (χ3v) is 2.30. The Balaban J connectivity index is 2.27. The van der Waals surface area contributed by atoms with E-state index in [-0.39, 0.29) is 5.69 Å². The summed E-state index contributed by atoms with van der Waals surface area (Å²) in [5.74, 6) is -3.48. The molecular weight excluding hydrogens is 259 g/mol. The number of nitrogens with one attached hydrogen (secondary N) is 1. The zero-order valence-electron chi connectivity index (χ0n) is 9.45. The van der Waals surface area contributed by atoms with E-state index < -0.39 is 34.7 Å². The van der Waals surface area contributed by atoms with Crippen molar-refractivity contribution in [2.24, 2.45) is 0 Å². The van der Waals surface area contributed by atoms with Gasteiger partial charge in [-0.25, -0.2) is 13.8 Å². The quantitative estimate of drug-likeness (QED) is 0.648. The Morgan fingerprint density at radius 2 is 1.95 bits per heavy atom. The molecule has 7 heteroatoms. The second-order valence-electron chi connectivity index (χ2n) is 3.68. The van der Waals surface area contributed by atoms with Gasteiger partial charge in [-0.3, -0.25) is 4.79 Å². The Kier molecular flexibility index (Phi) is 3.37. The number of carbonyl (C=O) groups excluding carboxylic acids is 1. The third-order valence-electron chi connectivity index (χ3n) is 2.30. The van der Waals surface area contributed by atoms with Crippen molar-refractivity contribution in [2.45, 2.75) is 0 Å². The maximum Gasteiger partial charge on any atom is 0.258 e. The van der Waals surface area contributed by atoms with Crippen LogP contribution in [0.5, 0.6) is 0 Å². The van der Waals surface area contributed by atoms with Gasteiger partial charge in [-0.1, -0.05) is 0 Å². The van der Waals surface area contributed by atoms with Crippen LogP contribution in [0, 0.1) is 17.6 Å². The summed E-state index contributed by atoms with van der Waals surface area (Å²) in [4.78, 5) is 15.0. The molecule has 0 bridgehead atoms. The van der Waals surface area contributed by atoms with Crippen LogP contribution < -0.4 is 11.1 Å². The molecule has 0 saturated heterocycles. The van der Waals surface area contributed by atoms with Crippen LogP contribution in [0.25, 0.3) is 0 Å². The van der Waals surface area contributed by atoms with Crippen molar-refractivity contribution in [3.8, 4) is 0 Å². The summed E-state index contributed by atoms with van der Waals surface area (Å²) < 4.78 is 39.2. The minimum atomic E-state index is -1.02. The topological polar surface area (TPSA) is 68.0 Å². The first-order valence-corrected chi connectivity index (χ1v) is 5.15. The van der Waals surface area contributed by atoms with Gasteiger partial charge in [0.2, 0.25) is 5.95 Å². The number of benzene rings is 1. The molecule has 0 atom stereocenters. The number of nitrogens with two attached hydrogens (primary N) is 1. The Bertz CT molecular complexity index is 629. The van der Waals surface area contributed by atoms with E-state index in [0.29, 0.717) is 0 Å². The molecule has 3 N–H and O–H groups in total. The molecule has 0 spiro atoms. The highest BCUT2D eigenvalue weighted by atomic mass is 19.1. The number of rotatable bonds is 2. The molecule has 2 rings (SSSR count). The van der Waals surface area contributed by atoms with Crippen LogP contribution in [0.15, 0.2) is 30.5 Å². The number of anilines is 2. The van der Waals surface area contributed by atoms with Crippen molar-refractivity contribution in [3.63, 3.8) is 0 Å². The molecule has 0 saturated carbocycles. The highest BCUT2D eigenvalue weighted by Crippen LogP contribution is 2.18. The average molecular weight is 267 g/mol. The molecule has 1 aromatic carbocycles. The number of halogens is 3. The van der Waals surface area contributed by atoms with Gasteiger partial charge in [-0.15, -0.1) is 0 Å². The first kappa shape index (κ1) is 12.9. The minimum Gasteiger partial charge on any atom is -0.396 e. The van der Waals surface area contributed by atoms with E-state index in [1.54, 1.807) is 0 Å². The van der Waals surface area contributed by atoms with Crippen LogP contribution >= 0.6 is 0 Å². The van der Waals surface area contributed by atoms with Gasteiger partial charge >= 0.3 is 0 Å². The molecule has 98 valence electrons. The van der Waals surface area contributed by atoms with Crippen molar-refractivity contribution in [3.05, 3.63) is 53.6 Å². The standard InChI is InChI=1S/C12H8F3N3O/c13-6-3-8(11(15)9(16)4-6)12(19)18-7-1-2-10(14)17-5-7/h1-5H,16H2,(H,18,19). The highest BCUT2D eigenvalue weighted by molar-refractivity contribution is 6.04. The molecule has 1 heterocycles. The lowest BCUT2D eigenvalue weighted by molar-refractivity contribution is 0.102. The zero-order chi connectivity index (χ0) is 14.0. The fourth-order valence-corrected chi connectivity index (χ4v) is 1.42. The fraction of sp³-hybridized carbons (Fsp3) is 0. The normalized spacial score (nSPS) is 10.3. The summed E-state index contributed by atoms with van der Waals surface area (Å²) in [5, 5.41) is 2.25. The van der Waals surface area contributed by atoms with Crippen molar-refractivity contribution in [1.82, 2.24) is 4.98 Å². The molecule has 0 aliphatic rings. The minimum absolute atomic E-state index is 0.147. The molecule has 0 fully saturated rings. The zero-order valence-corrected chi connectivity index (χ0v) is 9.45. The van der Waals surface area contributed by atoms with Crippen LogP contribution in [0.1, 0.15) is 10.4 Å². The van der Waals surface area contributed by atoms with Gasteiger partial charge in [-0.05, 0) is 24.3 Å². The number of nitrogens with zero attached hydrogens (tertiary/aromatic N) is 1. The predicted octanol–water partition coefficient (Wildman–Crippen LogP) is 2.33. The number of carbonyl (C=O) groups is 1. The van der Waals surface area contributed by atoms with E-state index in [1.807, 2.05) is 0 Å². The Labute approximate surface area is 106 Å². The molecule has 1 aromatic heterocycles. The van der Waals surface area contributed by atoms with E-state index in [1.165, 1.54) is 6.07 Å². The number of pyridine rings is 1. The molecule has 2 aromatic rings. The van der Waals surface area contributed by atoms with Crippen LogP contribution in [0.4, 0.5) is 24.5 Å². The molecule has 0 unspecified atom stereocenters. The number of amides is 1. The van der Waals surface area contributed by atoms with Crippen LogP contribution in [-0.2, 0) is 0 Å². The van der Waals surface area contributed by atoms with Crippen LogP contribution in [-0.4, -0.2) is 10.9 Å². The lowest BCUT2D eigenvalue weighted by atomic mass is 10.1. The number of aromatic nitrogens is 1. The molecule has 1 amide bonds. The van der Waals surface area contributed by atoms with Gasteiger partial charge in [0.1, 0.15) is 5.82 Å². The fourth-order valence-electron chi connectivity index (χ4n) is 1.42. The van der Waals surface area contributed by atoms with E-state index in [4.69, 9.17) is 5.73 Å². The second-order valence-corrected chi connectivity index (χ2v) is 3.68. The van der Waals surface area contributed by atoms with Crippen LogP contribution in [0.3, 0.4) is 0 Å². The van der Waals surface area contributed by atoms with E-state index in [2.05, 4.69) is 10.3 Å². The van der Waals surface area contributed by atoms with Crippen LogP contribution in [0.2, 0.25) is 0 Å². The summed E-state index contributed by atoms with van der Waals surface area (Å²) >= 11 is 0. The predicted molar refractivity (Wildman–Crippen MR) is 62.9 cm³/mol. The van der Waals surface area contributed by atoms with Crippen molar-refractivity contribution < 1.29 is 18.0 Å². The highest BCUT2D eigenvalue weighted by Gasteiger charge is 2.16. The monoisotopic (exact) mass is 267 g/mol. The summed E-state index contributed by atoms with van der Waals surface area (Å²) in [6.07, 6.45) is 1.05.